The van der Waals surface area contributed by atoms with Gasteiger partial charge < -0.3 is 19.7 Å². The Morgan fingerprint density at radius 3 is 2.46 bits per heavy atom. The van der Waals surface area contributed by atoms with Crippen molar-refractivity contribution in [2.24, 2.45) is 5.73 Å². The van der Waals surface area contributed by atoms with Gasteiger partial charge in [0.15, 0.2) is 6.10 Å². The lowest BCUT2D eigenvalue weighted by atomic mass is 10.1. The van der Waals surface area contributed by atoms with Crippen LogP contribution in [-0.4, -0.2) is 23.1 Å². The van der Waals surface area contributed by atoms with Crippen LogP contribution in [0.15, 0.2) is 28.8 Å². The number of carbonyl (C=O) groups is 2. The summed E-state index contributed by atoms with van der Waals surface area (Å²) in [7, 11) is 0. The van der Waals surface area contributed by atoms with Crippen LogP contribution in [0.5, 0.6) is 5.75 Å². The molecule has 0 spiro atoms. The SMILES string of the molecule is Cc1noc(C)c1COc1ccc(CC(=O)O[C@@H](C)C(N)=O)cc1. The van der Waals surface area contributed by atoms with Gasteiger partial charge in [-0.05, 0) is 38.5 Å². The molecule has 1 heterocycles. The normalized spacial score (nSPS) is 11.8. The van der Waals surface area contributed by atoms with Gasteiger partial charge >= 0.3 is 5.97 Å². The number of rotatable bonds is 7. The highest BCUT2D eigenvalue weighted by molar-refractivity contribution is 5.82. The smallest absolute Gasteiger partial charge is 0.311 e. The summed E-state index contributed by atoms with van der Waals surface area (Å²) in [4.78, 5) is 22.6. The van der Waals surface area contributed by atoms with Crippen LogP contribution in [0.2, 0.25) is 0 Å². The molecule has 1 amide bonds. The van der Waals surface area contributed by atoms with E-state index in [1.165, 1.54) is 6.92 Å². The van der Waals surface area contributed by atoms with Gasteiger partial charge in [0, 0.05) is 0 Å². The molecule has 2 N–H and O–H groups in total. The molecule has 0 aliphatic rings. The molecule has 0 unspecified atom stereocenters. The molecule has 2 rings (SSSR count). The van der Waals surface area contributed by atoms with E-state index >= 15 is 0 Å². The van der Waals surface area contributed by atoms with E-state index < -0.39 is 18.0 Å². The Hall–Kier alpha value is -2.83. The van der Waals surface area contributed by atoms with Crippen molar-refractivity contribution in [2.45, 2.75) is 39.9 Å². The lowest BCUT2D eigenvalue weighted by Gasteiger charge is -2.10. The maximum Gasteiger partial charge on any atom is 0.311 e. The second-order valence-electron chi connectivity index (χ2n) is 5.45. The highest BCUT2D eigenvalue weighted by Gasteiger charge is 2.15. The zero-order valence-corrected chi connectivity index (χ0v) is 13.9. The van der Waals surface area contributed by atoms with E-state index in [1.54, 1.807) is 24.3 Å². The Morgan fingerprint density at radius 2 is 1.92 bits per heavy atom. The standard InChI is InChI=1S/C17H20N2O5/c1-10-15(11(2)24-19-10)9-22-14-6-4-13(5-7-14)8-16(20)23-12(3)17(18)21/h4-7,12H,8-9H2,1-3H3,(H2,18,21)/t12-/m0/s1. The number of carbonyl (C=O) groups excluding carboxylic acids is 2. The Kier molecular flexibility index (Phi) is 5.57. The number of aromatic nitrogens is 1. The number of primary amides is 1. The summed E-state index contributed by atoms with van der Waals surface area (Å²) in [5.41, 5.74) is 7.52. The van der Waals surface area contributed by atoms with Crippen molar-refractivity contribution in [2.75, 3.05) is 0 Å². The number of esters is 1. The molecular formula is C17H20N2O5. The molecule has 0 radical (unpaired) electrons. The molecule has 1 atom stereocenters. The molecule has 0 aliphatic carbocycles. The van der Waals surface area contributed by atoms with Gasteiger partial charge in [-0.3, -0.25) is 9.59 Å². The average Bonchev–Trinajstić information content (AvgIpc) is 2.85. The third-order valence-corrected chi connectivity index (χ3v) is 3.55. The molecule has 1 aromatic heterocycles. The van der Waals surface area contributed by atoms with Crippen molar-refractivity contribution in [3.63, 3.8) is 0 Å². The number of nitrogens with zero attached hydrogens (tertiary/aromatic N) is 1. The van der Waals surface area contributed by atoms with E-state index in [2.05, 4.69) is 5.16 Å². The molecule has 24 heavy (non-hydrogen) atoms. The highest BCUT2D eigenvalue weighted by Crippen LogP contribution is 2.18. The average molecular weight is 332 g/mol. The molecule has 7 heteroatoms. The quantitative estimate of drug-likeness (QED) is 0.776. The minimum Gasteiger partial charge on any atom is -0.489 e. The third-order valence-electron chi connectivity index (χ3n) is 3.55. The number of benzene rings is 1. The maximum absolute atomic E-state index is 11.7. The molecule has 1 aromatic carbocycles. The van der Waals surface area contributed by atoms with E-state index in [-0.39, 0.29) is 6.42 Å². The molecule has 0 saturated carbocycles. The van der Waals surface area contributed by atoms with Gasteiger partial charge in [0.1, 0.15) is 18.1 Å². The van der Waals surface area contributed by atoms with Crippen LogP contribution in [0.3, 0.4) is 0 Å². The zero-order chi connectivity index (χ0) is 17.7. The van der Waals surface area contributed by atoms with Crippen LogP contribution in [-0.2, 0) is 27.4 Å². The molecule has 128 valence electrons. The first-order valence-corrected chi connectivity index (χ1v) is 7.49. The zero-order valence-electron chi connectivity index (χ0n) is 13.9. The number of aryl methyl sites for hydroxylation is 2. The lowest BCUT2D eigenvalue weighted by Crippen LogP contribution is -2.30. The van der Waals surface area contributed by atoms with Crippen molar-refractivity contribution >= 4 is 11.9 Å². The first-order valence-electron chi connectivity index (χ1n) is 7.49. The first kappa shape index (κ1) is 17.5. The van der Waals surface area contributed by atoms with Gasteiger partial charge in [0.2, 0.25) is 0 Å². The van der Waals surface area contributed by atoms with Crippen LogP contribution >= 0.6 is 0 Å². The van der Waals surface area contributed by atoms with Gasteiger partial charge in [-0.1, -0.05) is 17.3 Å². The predicted molar refractivity (Wildman–Crippen MR) is 85.2 cm³/mol. The van der Waals surface area contributed by atoms with Gasteiger partial charge in [0.25, 0.3) is 5.91 Å². The van der Waals surface area contributed by atoms with E-state index in [4.69, 9.17) is 19.7 Å². The molecule has 0 saturated heterocycles. The monoisotopic (exact) mass is 332 g/mol. The maximum atomic E-state index is 11.7. The summed E-state index contributed by atoms with van der Waals surface area (Å²) in [6, 6.07) is 7.05. The number of ether oxygens (including phenoxy) is 2. The van der Waals surface area contributed by atoms with Crippen LogP contribution < -0.4 is 10.5 Å². The Labute approximate surface area is 139 Å². The number of hydrogen-bond acceptors (Lipinski definition) is 6. The van der Waals surface area contributed by atoms with E-state index in [0.29, 0.717) is 12.4 Å². The van der Waals surface area contributed by atoms with Crippen LogP contribution in [0, 0.1) is 13.8 Å². The lowest BCUT2D eigenvalue weighted by molar-refractivity contribution is -0.153. The highest BCUT2D eigenvalue weighted by atomic mass is 16.5. The summed E-state index contributed by atoms with van der Waals surface area (Å²) in [5.74, 6) is 0.213. The van der Waals surface area contributed by atoms with Crippen LogP contribution in [0.25, 0.3) is 0 Å². The largest absolute Gasteiger partial charge is 0.489 e. The van der Waals surface area contributed by atoms with Crippen LogP contribution in [0.4, 0.5) is 0 Å². The topological polar surface area (TPSA) is 105 Å². The van der Waals surface area contributed by atoms with Crippen molar-refractivity contribution < 1.29 is 23.6 Å². The van der Waals surface area contributed by atoms with Crippen molar-refractivity contribution in [3.8, 4) is 5.75 Å². The third kappa shape index (κ3) is 4.58. The van der Waals surface area contributed by atoms with Crippen molar-refractivity contribution in [3.05, 3.63) is 46.8 Å². The number of nitrogens with two attached hydrogens (primary N) is 1. The summed E-state index contributed by atoms with van der Waals surface area (Å²) in [6.45, 7) is 5.49. The fourth-order valence-corrected chi connectivity index (χ4v) is 2.03. The molecule has 0 fully saturated rings. The minimum atomic E-state index is -0.935. The Bertz CT molecular complexity index is 702. The number of amides is 1. The minimum absolute atomic E-state index is 0.0573. The fraction of sp³-hybridized carbons (Fsp3) is 0.353. The van der Waals surface area contributed by atoms with Gasteiger partial charge in [0.05, 0.1) is 17.7 Å². The molecule has 2 aromatic rings. The van der Waals surface area contributed by atoms with Gasteiger partial charge in [-0.25, -0.2) is 0 Å². The first-order chi connectivity index (χ1) is 11.4. The van der Waals surface area contributed by atoms with Crippen LogP contribution in [0.1, 0.15) is 29.5 Å². The molecule has 7 nitrogen and oxygen atoms in total. The fourth-order valence-electron chi connectivity index (χ4n) is 2.03. The predicted octanol–water partition coefficient (Wildman–Crippen LogP) is 1.83. The summed E-state index contributed by atoms with van der Waals surface area (Å²) < 4.78 is 15.7. The number of hydrogen-bond donors (Lipinski definition) is 1. The Morgan fingerprint density at radius 1 is 1.25 bits per heavy atom. The van der Waals surface area contributed by atoms with E-state index in [9.17, 15) is 9.59 Å². The summed E-state index contributed by atoms with van der Waals surface area (Å²) in [5, 5.41) is 3.87. The summed E-state index contributed by atoms with van der Waals surface area (Å²) in [6.07, 6.45) is -0.878. The Balaban J connectivity index is 1.89. The second kappa shape index (κ2) is 7.63. The summed E-state index contributed by atoms with van der Waals surface area (Å²) >= 11 is 0. The van der Waals surface area contributed by atoms with Crippen molar-refractivity contribution in [1.29, 1.82) is 0 Å². The van der Waals surface area contributed by atoms with E-state index in [0.717, 1.165) is 22.6 Å². The van der Waals surface area contributed by atoms with Crippen molar-refractivity contribution in [1.82, 2.24) is 5.16 Å². The van der Waals surface area contributed by atoms with Gasteiger partial charge in [-0.15, -0.1) is 0 Å². The molecule has 0 aliphatic heterocycles. The van der Waals surface area contributed by atoms with Gasteiger partial charge in [-0.2, -0.15) is 0 Å². The second-order valence-corrected chi connectivity index (χ2v) is 5.45. The molecule has 0 bridgehead atoms. The molecular weight excluding hydrogens is 312 g/mol. The van der Waals surface area contributed by atoms with E-state index in [1.807, 2.05) is 13.8 Å².